The third-order valence-corrected chi connectivity index (χ3v) is 3.00. The SMILES string of the molecule is Nc1cn(Cc2ccc(I)cc2)ccc1=O. The molecule has 82 valence electrons. The second-order valence-electron chi connectivity index (χ2n) is 3.56. The van der Waals surface area contributed by atoms with Gasteiger partial charge in [0.25, 0.3) is 0 Å². The molecule has 2 aromatic rings. The molecule has 2 N–H and O–H groups in total. The number of benzene rings is 1. The summed E-state index contributed by atoms with van der Waals surface area (Å²) in [7, 11) is 0. The Labute approximate surface area is 107 Å². The van der Waals surface area contributed by atoms with Crippen LogP contribution in [0.1, 0.15) is 5.56 Å². The van der Waals surface area contributed by atoms with Gasteiger partial charge in [0.2, 0.25) is 5.43 Å². The van der Waals surface area contributed by atoms with E-state index in [1.54, 1.807) is 12.4 Å². The average molecular weight is 326 g/mol. The first-order valence-electron chi connectivity index (χ1n) is 4.85. The van der Waals surface area contributed by atoms with E-state index in [0.717, 1.165) is 6.54 Å². The minimum Gasteiger partial charge on any atom is -0.394 e. The number of rotatable bonds is 2. The Morgan fingerprint density at radius 3 is 2.50 bits per heavy atom. The zero-order chi connectivity index (χ0) is 11.5. The van der Waals surface area contributed by atoms with E-state index in [9.17, 15) is 4.79 Å². The van der Waals surface area contributed by atoms with Gasteiger partial charge in [-0.15, -0.1) is 0 Å². The smallest absolute Gasteiger partial charge is 0.204 e. The molecular formula is C12H11IN2O. The van der Waals surface area contributed by atoms with Crippen molar-refractivity contribution < 1.29 is 0 Å². The van der Waals surface area contributed by atoms with Gasteiger partial charge < -0.3 is 10.3 Å². The van der Waals surface area contributed by atoms with Crippen molar-refractivity contribution in [1.82, 2.24) is 4.57 Å². The monoisotopic (exact) mass is 326 g/mol. The van der Waals surface area contributed by atoms with Gasteiger partial charge in [0, 0.05) is 28.6 Å². The molecule has 0 aliphatic carbocycles. The van der Waals surface area contributed by atoms with Crippen LogP contribution < -0.4 is 11.2 Å². The summed E-state index contributed by atoms with van der Waals surface area (Å²) in [5.41, 5.74) is 6.91. The number of nitrogens with two attached hydrogens (primary N) is 1. The van der Waals surface area contributed by atoms with Crippen LogP contribution >= 0.6 is 22.6 Å². The molecule has 2 rings (SSSR count). The number of hydrogen-bond acceptors (Lipinski definition) is 2. The number of nitrogens with zero attached hydrogens (tertiary/aromatic N) is 1. The molecule has 0 saturated carbocycles. The lowest BCUT2D eigenvalue weighted by atomic mass is 10.2. The van der Waals surface area contributed by atoms with Crippen molar-refractivity contribution in [3.63, 3.8) is 0 Å². The van der Waals surface area contributed by atoms with Gasteiger partial charge >= 0.3 is 0 Å². The summed E-state index contributed by atoms with van der Waals surface area (Å²) >= 11 is 2.27. The van der Waals surface area contributed by atoms with Crippen LogP contribution in [0, 0.1) is 3.57 Å². The van der Waals surface area contributed by atoms with Crippen molar-refractivity contribution in [3.05, 3.63) is 62.1 Å². The quantitative estimate of drug-likeness (QED) is 0.859. The molecule has 0 fully saturated rings. The Morgan fingerprint density at radius 2 is 1.88 bits per heavy atom. The van der Waals surface area contributed by atoms with Gasteiger partial charge in [-0.1, -0.05) is 12.1 Å². The van der Waals surface area contributed by atoms with Crippen molar-refractivity contribution in [2.75, 3.05) is 5.73 Å². The van der Waals surface area contributed by atoms with Crippen LogP contribution in [0.4, 0.5) is 5.69 Å². The number of aromatic nitrogens is 1. The van der Waals surface area contributed by atoms with E-state index < -0.39 is 0 Å². The zero-order valence-corrected chi connectivity index (χ0v) is 10.7. The average Bonchev–Trinajstić information content (AvgIpc) is 2.27. The molecule has 0 amide bonds. The van der Waals surface area contributed by atoms with Crippen LogP contribution in [-0.2, 0) is 6.54 Å². The van der Waals surface area contributed by atoms with Gasteiger partial charge in [-0.05, 0) is 40.3 Å². The van der Waals surface area contributed by atoms with Gasteiger partial charge in [-0.2, -0.15) is 0 Å². The van der Waals surface area contributed by atoms with E-state index in [1.165, 1.54) is 15.2 Å². The molecule has 16 heavy (non-hydrogen) atoms. The third kappa shape index (κ3) is 2.63. The number of halogens is 1. The van der Waals surface area contributed by atoms with Crippen LogP contribution in [0.2, 0.25) is 0 Å². The maximum Gasteiger partial charge on any atom is 0.204 e. The molecule has 1 aromatic carbocycles. The highest BCUT2D eigenvalue weighted by Crippen LogP contribution is 2.08. The third-order valence-electron chi connectivity index (χ3n) is 2.29. The van der Waals surface area contributed by atoms with Gasteiger partial charge in [0.1, 0.15) is 0 Å². The van der Waals surface area contributed by atoms with E-state index >= 15 is 0 Å². The molecule has 3 nitrogen and oxygen atoms in total. The van der Waals surface area contributed by atoms with Crippen molar-refractivity contribution in [1.29, 1.82) is 0 Å². The fraction of sp³-hybridized carbons (Fsp3) is 0.0833. The molecule has 0 unspecified atom stereocenters. The van der Waals surface area contributed by atoms with Crippen LogP contribution in [0.25, 0.3) is 0 Å². The number of anilines is 1. The highest BCUT2D eigenvalue weighted by atomic mass is 127. The summed E-state index contributed by atoms with van der Waals surface area (Å²) in [6.07, 6.45) is 3.41. The lowest BCUT2D eigenvalue weighted by molar-refractivity contribution is 0.791. The van der Waals surface area contributed by atoms with Crippen molar-refractivity contribution in [2.24, 2.45) is 0 Å². The summed E-state index contributed by atoms with van der Waals surface area (Å²) in [6.45, 7) is 0.724. The summed E-state index contributed by atoms with van der Waals surface area (Å²) in [6, 6.07) is 9.73. The molecular weight excluding hydrogens is 315 g/mol. The van der Waals surface area contributed by atoms with Gasteiger partial charge in [0.05, 0.1) is 5.69 Å². The van der Waals surface area contributed by atoms with E-state index in [-0.39, 0.29) is 11.1 Å². The van der Waals surface area contributed by atoms with Crippen molar-refractivity contribution in [3.8, 4) is 0 Å². The number of hydrogen-bond donors (Lipinski definition) is 1. The lowest BCUT2D eigenvalue weighted by Gasteiger charge is -2.07. The fourth-order valence-corrected chi connectivity index (χ4v) is 1.80. The lowest BCUT2D eigenvalue weighted by Crippen LogP contribution is -2.11. The second-order valence-corrected chi connectivity index (χ2v) is 4.81. The first-order valence-corrected chi connectivity index (χ1v) is 5.93. The minimum absolute atomic E-state index is 0.126. The van der Waals surface area contributed by atoms with Gasteiger partial charge in [0.15, 0.2) is 0 Å². The standard InChI is InChI=1S/C12H11IN2O/c13-10-3-1-9(2-4-10)7-15-6-5-12(16)11(14)8-15/h1-6,8H,7,14H2. The van der Waals surface area contributed by atoms with Crippen molar-refractivity contribution in [2.45, 2.75) is 6.54 Å². The van der Waals surface area contributed by atoms with Crippen LogP contribution in [0.5, 0.6) is 0 Å². The molecule has 4 heteroatoms. The zero-order valence-electron chi connectivity index (χ0n) is 8.56. The summed E-state index contributed by atoms with van der Waals surface area (Å²) < 4.78 is 3.11. The largest absolute Gasteiger partial charge is 0.394 e. The van der Waals surface area contributed by atoms with Crippen LogP contribution in [0.3, 0.4) is 0 Å². The predicted octanol–water partition coefficient (Wildman–Crippen LogP) is 2.08. The second kappa shape index (κ2) is 4.69. The van der Waals surface area contributed by atoms with Gasteiger partial charge in [-0.25, -0.2) is 0 Å². The molecule has 1 heterocycles. The Bertz CT molecular complexity index is 546. The van der Waals surface area contributed by atoms with E-state index in [4.69, 9.17) is 5.73 Å². The highest BCUT2D eigenvalue weighted by molar-refractivity contribution is 14.1. The maximum absolute atomic E-state index is 11.1. The summed E-state index contributed by atoms with van der Waals surface area (Å²) in [4.78, 5) is 11.1. The summed E-state index contributed by atoms with van der Waals surface area (Å²) in [5.74, 6) is 0. The first kappa shape index (κ1) is 11.2. The topological polar surface area (TPSA) is 48.0 Å². The minimum atomic E-state index is -0.126. The Kier molecular flexibility index (Phi) is 3.28. The number of nitrogen functional groups attached to an aromatic ring is 1. The molecule has 0 saturated heterocycles. The Balaban J connectivity index is 2.23. The van der Waals surface area contributed by atoms with Crippen LogP contribution in [0.15, 0.2) is 47.5 Å². The first-order chi connectivity index (χ1) is 7.65. The molecule has 0 spiro atoms. The summed E-state index contributed by atoms with van der Waals surface area (Å²) in [5, 5.41) is 0. The highest BCUT2D eigenvalue weighted by Gasteiger charge is 1.97. The Hall–Kier alpha value is -1.30. The molecule has 1 aromatic heterocycles. The molecule has 0 aliphatic heterocycles. The van der Waals surface area contributed by atoms with Gasteiger partial charge in [-0.3, -0.25) is 4.79 Å². The van der Waals surface area contributed by atoms with E-state index in [1.807, 2.05) is 4.57 Å². The molecule has 0 radical (unpaired) electrons. The van der Waals surface area contributed by atoms with E-state index in [0.29, 0.717) is 0 Å². The normalized spacial score (nSPS) is 10.3. The molecule has 0 aliphatic rings. The van der Waals surface area contributed by atoms with E-state index in [2.05, 4.69) is 46.9 Å². The fourth-order valence-electron chi connectivity index (χ4n) is 1.44. The molecule has 0 atom stereocenters. The molecule has 0 bridgehead atoms. The van der Waals surface area contributed by atoms with Crippen LogP contribution in [-0.4, -0.2) is 4.57 Å². The number of pyridine rings is 1. The maximum atomic E-state index is 11.1. The predicted molar refractivity (Wildman–Crippen MR) is 73.4 cm³/mol. The Morgan fingerprint density at radius 1 is 1.19 bits per heavy atom. The van der Waals surface area contributed by atoms with Crippen molar-refractivity contribution >= 4 is 28.3 Å².